The summed E-state index contributed by atoms with van der Waals surface area (Å²) in [7, 11) is 0. The van der Waals surface area contributed by atoms with Crippen LogP contribution in [0, 0.1) is 0 Å². The van der Waals surface area contributed by atoms with E-state index in [1.165, 1.54) is 53.1 Å². The molecule has 9 rings (SSSR count). The lowest BCUT2D eigenvalue weighted by molar-refractivity contribution is 0.666. The van der Waals surface area contributed by atoms with Gasteiger partial charge in [-0.25, -0.2) is 0 Å². The zero-order valence-electron chi connectivity index (χ0n) is 20.9. The molecule has 0 aliphatic carbocycles. The van der Waals surface area contributed by atoms with E-state index in [0.29, 0.717) is 0 Å². The van der Waals surface area contributed by atoms with Crippen LogP contribution in [0.25, 0.3) is 80.7 Å². The topological polar surface area (TPSA) is 18.1 Å². The van der Waals surface area contributed by atoms with Gasteiger partial charge in [0.25, 0.3) is 0 Å². The molecule has 3 aromatic heterocycles. The van der Waals surface area contributed by atoms with E-state index < -0.39 is 0 Å². The van der Waals surface area contributed by atoms with Crippen molar-refractivity contribution in [2.45, 2.75) is 0 Å². The molecule has 0 amide bonds. The SMILES string of the molecule is c1ccc2c(c1)oc1c(-n3c4ccccc4c4cc(-c5cccc6c5sc5ccccc56)ccc43)cccc12. The van der Waals surface area contributed by atoms with Crippen molar-refractivity contribution in [1.82, 2.24) is 4.57 Å². The molecule has 0 bridgehead atoms. The second-order valence-electron chi connectivity index (χ2n) is 10.1. The molecular formula is C36H21NOS. The fourth-order valence-electron chi connectivity index (χ4n) is 6.28. The fourth-order valence-corrected chi connectivity index (χ4v) is 7.52. The molecule has 9 aromatic rings. The third kappa shape index (κ3) is 2.91. The van der Waals surface area contributed by atoms with E-state index in [9.17, 15) is 0 Å². The van der Waals surface area contributed by atoms with Gasteiger partial charge >= 0.3 is 0 Å². The summed E-state index contributed by atoms with van der Waals surface area (Å²) in [4.78, 5) is 0. The third-order valence-corrected chi connectivity index (χ3v) is 9.23. The Kier molecular flexibility index (Phi) is 4.24. The summed E-state index contributed by atoms with van der Waals surface area (Å²) in [6.45, 7) is 0. The maximum absolute atomic E-state index is 6.46. The van der Waals surface area contributed by atoms with Gasteiger partial charge in [0.15, 0.2) is 5.58 Å². The summed E-state index contributed by atoms with van der Waals surface area (Å²) in [5.41, 5.74) is 7.78. The van der Waals surface area contributed by atoms with E-state index in [1.807, 2.05) is 23.5 Å². The monoisotopic (exact) mass is 515 g/mol. The van der Waals surface area contributed by atoms with Crippen molar-refractivity contribution in [3.63, 3.8) is 0 Å². The molecule has 0 aliphatic heterocycles. The minimum atomic E-state index is 0.916. The summed E-state index contributed by atoms with van der Waals surface area (Å²) in [6, 6.07) is 45.8. The van der Waals surface area contributed by atoms with Gasteiger partial charge in [-0.3, -0.25) is 0 Å². The fraction of sp³-hybridized carbons (Fsp3) is 0. The highest BCUT2D eigenvalue weighted by molar-refractivity contribution is 7.26. The Labute approximate surface area is 227 Å². The van der Waals surface area contributed by atoms with Gasteiger partial charge < -0.3 is 8.98 Å². The minimum absolute atomic E-state index is 0.916. The van der Waals surface area contributed by atoms with Crippen LogP contribution >= 0.6 is 11.3 Å². The van der Waals surface area contributed by atoms with Crippen LogP contribution in [0.5, 0.6) is 0 Å². The summed E-state index contributed by atoms with van der Waals surface area (Å²) in [6.07, 6.45) is 0. The number of furan rings is 1. The van der Waals surface area contributed by atoms with E-state index in [1.54, 1.807) is 0 Å². The zero-order chi connectivity index (χ0) is 25.5. The van der Waals surface area contributed by atoms with E-state index in [2.05, 4.69) is 120 Å². The van der Waals surface area contributed by atoms with Crippen molar-refractivity contribution >= 4 is 75.3 Å². The lowest BCUT2D eigenvalue weighted by atomic mass is 10.0. The molecule has 182 valence electrons. The number of aromatic nitrogens is 1. The van der Waals surface area contributed by atoms with Crippen LogP contribution in [0.15, 0.2) is 132 Å². The van der Waals surface area contributed by atoms with Crippen molar-refractivity contribution in [3.05, 3.63) is 127 Å². The van der Waals surface area contributed by atoms with Gasteiger partial charge in [0.2, 0.25) is 0 Å². The van der Waals surface area contributed by atoms with Crippen molar-refractivity contribution in [1.29, 1.82) is 0 Å². The Morgan fingerprint density at radius 1 is 0.513 bits per heavy atom. The number of benzene rings is 6. The Morgan fingerprint density at radius 3 is 2.18 bits per heavy atom. The standard InChI is InChI=1S/C36H21NOS/c1-4-15-30-24(9-1)29-21-22(23-12-7-14-28-26-11-3-6-18-34(26)39-36(23)28)19-20-31(29)37(30)32-16-8-13-27-25-10-2-5-17-33(25)38-35(27)32/h1-21H. The highest BCUT2D eigenvalue weighted by Gasteiger charge is 2.18. The molecule has 3 heterocycles. The van der Waals surface area contributed by atoms with Gasteiger partial charge in [-0.1, -0.05) is 91.0 Å². The molecular weight excluding hydrogens is 494 g/mol. The summed E-state index contributed by atoms with van der Waals surface area (Å²) in [5, 5.41) is 7.43. The normalized spacial score (nSPS) is 12.1. The minimum Gasteiger partial charge on any atom is -0.454 e. The van der Waals surface area contributed by atoms with Gasteiger partial charge in [0.05, 0.1) is 16.7 Å². The second kappa shape index (κ2) is 7.83. The van der Waals surface area contributed by atoms with Crippen molar-refractivity contribution < 1.29 is 4.42 Å². The second-order valence-corrected chi connectivity index (χ2v) is 11.2. The number of fused-ring (bicyclic) bond motifs is 9. The third-order valence-electron chi connectivity index (χ3n) is 8.01. The molecule has 0 saturated carbocycles. The molecule has 0 atom stereocenters. The predicted molar refractivity (Wildman–Crippen MR) is 166 cm³/mol. The molecule has 0 radical (unpaired) electrons. The summed E-state index contributed by atoms with van der Waals surface area (Å²) in [5.74, 6) is 0. The maximum Gasteiger partial charge on any atom is 0.159 e. The number of para-hydroxylation sites is 3. The Bertz CT molecular complexity index is 2400. The molecule has 6 aromatic carbocycles. The Hall–Kier alpha value is -4.86. The Balaban J connectivity index is 1.34. The highest BCUT2D eigenvalue weighted by atomic mass is 32.1. The number of hydrogen-bond donors (Lipinski definition) is 0. The summed E-state index contributed by atoms with van der Waals surface area (Å²) < 4.78 is 11.5. The average Bonchev–Trinajstić information content (AvgIpc) is 3.66. The Morgan fingerprint density at radius 2 is 1.23 bits per heavy atom. The first-order valence-electron chi connectivity index (χ1n) is 13.2. The molecule has 0 aliphatic rings. The lowest BCUT2D eigenvalue weighted by Gasteiger charge is -2.09. The van der Waals surface area contributed by atoms with Crippen LogP contribution in [0.2, 0.25) is 0 Å². The molecule has 0 spiro atoms. The molecule has 39 heavy (non-hydrogen) atoms. The molecule has 0 saturated heterocycles. The predicted octanol–water partition coefficient (Wildman–Crippen LogP) is 10.7. The van der Waals surface area contributed by atoms with E-state index in [4.69, 9.17) is 4.42 Å². The van der Waals surface area contributed by atoms with Crippen LogP contribution < -0.4 is 0 Å². The van der Waals surface area contributed by atoms with E-state index in [-0.39, 0.29) is 0 Å². The van der Waals surface area contributed by atoms with Gasteiger partial charge in [0, 0.05) is 41.7 Å². The highest BCUT2D eigenvalue weighted by Crippen LogP contribution is 2.42. The van der Waals surface area contributed by atoms with Crippen LogP contribution in [0.4, 0.5) is 0 Å². The van der Waals surface area contributed by atoms with Crippen LogP contribution in [-0.4, -0.2) is 4.57 Å². The summed E-state index contributed by atoms with van der Waals surface area (Å²) >= 11 is 1.88. The van der Waals surface area contributed by atoms with Crippen molar-refractivity contribution in [2.24, 2.45) is 0 Å². The van der Waals surface area contributed by atoms with Gasteiger partial charge in [-0.2, -0.15) is 0 Å². The van der Waals surface area contributed by atoms with Crippen LogP contribution in [-0.2, 0) is 0 Å². The largest absolute Gasteiger partial charge is 0.454 e. The molecule has 3 heteroatoms. The molecule has 0 fully saturated rings. The number of rotatable bonds is 2. The van der Waals surface area contributed by atoms with Crippen LogP contribution in [0.3, 0.4) is 0 Å². The maximum atomic E-state index is 6.46. The quantitative estimate of drug-likeness (QED) is 0.224. The van der Waals surface area contributed by atoms with Gasteiger partial charge in [-0.15, -0.1) is 11.3 Å². The first-order valence-corrected chi connectivity index (χ1v) is 14.0. The van der Waals surface area contributed by atoms with E-state index in [0.717, 1.165) is 27.6 Å². The number of nitrogens with zero attached hydrogens (tertiary/aromatic N) is 1. The molecule has 0 N–H and O–H groups in total. The van der Waals surface area contributed by atoms with E-state index >= 15 is 0 Å². The van der Waals surface area contributed by atoms with Gasteiger partial charge in [0.1, 0.15) is 5.58 Å². The lowest BCUT2D eigenvalue weighted by Crippen LogP contribution is -1.94. The van der Waals surface area contributed by atoms with Gasteiger partial charge in [-0.05, 0) is 47.5 Å². The van der Waals surface area contributed by atoms with Crippen LogP contribution in [0.1, 0.15) is 0 Å². The first-order chi connectivity index (χ1) is 19.3. The van der Waals surface area contributed by atoms with Crippen molar-refractivity contribution in [3.8, 4) is 16.8 Å². The zero-order valence-corrected chi connectivity index (χ0v) is 21.7. The average molecular weight is 516 g/mol. The smallest absolute Gasteiger partial charge is 0.159 e. The molecule has 0 unspecified atom stereocenters. The number of thiophene rings is 1. The first kappa shape index (κ1) is 21.1. The van der Waals surface area contributed by atoms with Crippen molar-refractivity contribution in [2.75, 3.05) is 0 Å². The molecule has 2 nitrogen and oxygen atoms in total. The number of hydrogen-bond acceptors (Lipinski definition) is 2.